The third kappa shape index (κ3) is 4.83. The lowest BCUT2D eigenvalue weighted by Gasteiger charge is -2.36. The van der Waals surface area contributed by atoms with E-state index in [1.54, 1.807) is 41.7 Å². The van der Waals surface area contributed by atoms with Crippen LogP contribution in [0.5, 0.6) is 0 Å². The molecule has 9 heteroatoms. The van der Waals surface area contributed by atoms with Crippen LogP contribution in [0.15, 0.2) is 53.9 Å². The Kier molecular flexibility index (Phi) is 6.43. The smallest absolute Gasteiger partial charge is 0.339 e. The summed E-state index contributed by atoms with van der Waals surface area (Å²) in [6.07, 6.45) is 0. The maximum atomic E-state index is 13.1. The van der Waals surface area contributed by atoms with Crippen LogP contribution in [-0.2, 0) is 4.74 Å². The average Bonchev–Trinajstić information content (AvgIpc) is 3.30. The van der Waals surface area contributed by atoms with E-state index in [2.05, 4.69) is 15.1 Å². The van der Waals surface area contributed by atoms with Gasteiger partial charge in [0.15, 0.2) is 10.2 Å². The van der Waals surface area contributed by atoms with Gasteiger partial charge in [-0.25, -0.2) is 14.2 Å². The highest BCUT2D eigenvalue weighted by molar-refractivity contribution is 7.80. The van der Waals surface area contributed by atoms with Gasteiger partial charge in [-0.2, -0.15) is 0 Å². The van der Waals surface area contributed by atoms with Crippen molar-refractivity contribution in [2.24, 2.45) is 0 Å². The normalized spacial score (nSPS) is 13.7. The zero-order chi connectivity index (χ0) is 21.8. The fraction of sp³-hybridized carbons (Fsp3) is 0.227. The van der Waals surface area contributed by atoms with Crippen molar-refractivity contribution in [1.29, 1.82) is 0 Å². The van der Waals surface area contributed by atoms with Gasteiger partial charge in [0.2, 0.25) is 0 Å². The van der Waals surface area contributed by atoms with Crippen molar-refractivity contribution >= 4 is 45.5 Å². The van der Waals surface area contributed by atoms with Gasteiger partial charge >= 0.3 is 5.97 Å². The number of carbonyl (C=O) groups is 1. The van der Waals surface area contributed by atoms with Crippen LogP contribution in [0.4, 0.5) is 15.2 Å². The van der Waals surface area contributed by atoms with Crippen LogP contribution >= 0.6 is 23.6 Å². The number of hydrogen-bond acceptors (Lipinski definition) is 6. The molecule has 0 bridgehead atoms. The average molecular weight is 457 g/mol. The van der Waals surface area contributed by atoms with Gasteiger partial charge in [-0.3, -0.25) is 0 Å². The van der Waals surface area contributed by atoms with E-state index < -0.39 is 5.97 Å². The molecule has 0 radical (unpaired) electrons. The molecule has 3 aromatic rings. The third-order valence-corrected chi connectivity index (χ3v) is 6.31. The van der Waals surface area contributed by atoms with E-state index in [1.165, 1.54) is 19.2 Å². The van der Waals surface area contributed by atoms with Crippen LogP contribution in [0.25, 0.3) is 11.3 Å². The summed E-state index contributed by atoms with van der Waals surface area (Å²) in [7, 11) is 1.36. The maximum Gasteiger partial charge on any atom is 0.339 e. The lowest BCUT2D eigenvalue weighted by Crippen LogP contribution is -2.50. The SMILES string of the molecule is COC(=O)c1ccccc1NC(=S)N1CCN(c2nc(-c3ccc(F)cc3)cs2)CC1. The van der Waals surface area contributed by atoms with Gasteiger partial charge < -0.3 is 19.9 Å². The number of benzene rings is 2. The van der Waals surface area contributed by atoms with Gasteiger partial charge in [-0.1, -0.05) is 12.1 Å². The lowest BCUT2D eigenvalue weighted by molar-refractivity contribution is 0.0602. The highest BCUT2D eigenvalue weighted by atomic mass is 32.1. The summed E-state index contributed by atoms with van der Waals surface area (Å²) >= 11 is 7.15. The number of rotatable bonds is 4. The van der Waals surface area contributed by atoms with Crippen molar-refractivity contribution in [3.63, 3.8) is 0 Å². The molecule has 4 rings (SSSR count). The molecule has 0 amide bonds. The number of anilines is 2. The second kappa shape index (κ2) is 9.40. The van der Waals surface area contributed by atoms with E-state index in [0.29, 0.717) is 16.4 Å². The largest absolute Gasteiger partial charge is 0.465 e. The summed E-state index contributed by atoms with van der Waals surface area (Å²) in [5.41, 5.74) is 2.82. The molecule has 0 aliphatic carbocycles. The van der Waals surface area contributed by atoms with E-state index in [1.807, 2.05) is 11.4 Å². The summed E-state index contributed by atoms with van der Waals surface area (Å²) in [5, 5.41) is 6.68. The van der Waals surface area contributed by atoms with E-state index >= 15 is 0 Å². The van der Waals surface area contributed by atoms with Crippen molar-refractivity contribution in [1.82, 2.24) is 9.88 Å². The Balaban J connectivity index is 1.37. The molecule has 160 valence electrons. The maximum absolute atomic E-state index is 13.1. The van der Waals surface area contributed by atoms with Crippen molar-refractivity contribution in [3.8, 4) is 11.3 Å². The van der Waals surface area contributed by atoms with Gasteiger partial charge in [-0.15, -0.1) is 11.3 Å². The number of aromatic nitrogens is 1. The number of thiazole rings is 1. The van der Waals surface area contributed by atoms with Crippen LogP contribution in [-0.4, -0.2) is 54.3 Å². The molecule has 1 aliphatic rings. The lowest BCUT2D eigenvalue weighted by atomic mass is 10.2. The Labute approximate surface area is 189 Å². The fourth-order valence-electron chi connectivity index (χ4n) is 3.34. The number of esters is 1. The Bertz CT molecular complexity index is 1080. The molecule has 6 nitrogen and oxygen atoms in total. The van der Waals surface area contributed by atoms with Crippen LogP contribution in [0, 0.1) is 5.82 Å². The molecule has 2 heterocycles. The first-order chi connectivity index (χ1) is 15.0. The standard InChI is InChI=1S/C22H21FN4O2S2/c1-29-20(28)17-4-2-3-5-18(17)24-21(30)26-10-12-27(13-11-26)22-25-19(14-31-22)15-6-8-16(23)9-7-15/h2-9,14H,10-13H2,1H3,(H,24,30). The van der Waals surface area contributed by atoms with Crippen LogP contribution in [0.2, 0.25) is 0 Å². The Hall–Kier alpha value is -3.04. The summed E-state index contributed by atoms with van der Waals surface area (Å²) in [6, 6.07) is 13.5. The number of ether oxygens (including phenoxy) is 1. The number of thiocarbonyl (C=S) groups is 1. The number of carbonyl (C=O) groups excluding carboxylic acids is 1. The second-order valence-corrected chi connectivity index (χ2v) is 8.19. The molecular weight excluding hydrogens is 435 g/mol. The van der Waals surface area contributed by atoms with E-state index in [9.17, 15) is 9.18 Å². The number of para-hydroxylation sites is 1. The van der Waals surface area contributed by atoms with Crippen LogP contribution < -0.4 is 10.2 Å². The third-order valence-electron chi connectivity index (χ3n) is 5.04. The predicted molar refractivity (Wildman–Crippen MR) is 125 cm³/mol. The van der Waals surface area contributed by atoms with Crippen molar-refractivity contribution < 1.29 is 13.9 Å². The zero-order valence-electron chi connectivity index (χ0n) is 16.9. The summed E-state index contributed by atoms with van der Waals surface area (Å²) in [6.45, 7) is 3.02. The molecule has 1 fully saturated rings. The van der Waals surface area contributed by atoms with Crippen molar-refractivity contribution in [2.75, 3.05) is 43.5 Å². The number of piperazine rings is 1. The van der Waals surface area contributed by atoms with E-state index in [4.69, 9.17) is 21.9 Å². The fourth-order valence-corrected chi connectivity index (χ4v) is 4.52. The molecule has 0 saturated carbocycles. The summed E-state index contributed by atoms with van der Waals surface area (Å²) in [4.78, 5) is 21.0. The monoisotopic (exact) mass is 456 g/mol. The number of nitrogens with one attached hydrogen (secondary N) is 1. The van der Waals surface area contributed by atoms with Gasteiger partial charge in [0.25, 0.3) is 0 Å². The summed E-state index contributed by atoms with van der Waals surface area (Å²) < 4.78 is 18.0. The first-order valence-corrected chi connectivity index (χ1v) is 11.0. The van der Waals surface area contributed by atoms with Gasteiger partial charge in [-0.05, 0) is 48.6 Å². The molecule has 31 heavy (non-hydrogen) atoms. The Morgan fingerprint density at radius 1 is 1.13 bits per heavy atom. The van der Waals surface area contributed by atoms with Gasteiger partial charge in [0, 0.05) is 37.1 Å². The summed E-state index contributed by atoms with van der Waals surface area (Å²) in [5.74, 6) is -0.662. The number of nitrogens with zero attached hydrogens (tertiary/aromatic N) is 3. The first kappa shape index (κ1) is 21.2. The predicted octanol–water partition coefficient (Wildman–Crippen LogP) is 4.25. The van der Waals surface area contributed by atoms with Gasteiger partial charge in [0.1, 0.15) is 5.82 Å². The van der Waals surface area contributed by atoms with Gasteiger partial charge in [0.05, 0.1) is 24.1 Å². The Morgan fingerprint density at radius 2 is 1.84 bits per heavy atom. The molecule has 0 spiro atoms. The zero-order valence-corrected chi connectivity index (χ0v) is 18.5. The topological polar surface area (TPSA) is 57.7 Å². The Morgan fingerprint density at radius 3 is 2.55 bits per heavy atom. The van der Waals surface area contributed by atoms with Crippen LogP contribution in [0.3, 0.4) is 0 Å². The molecule has 0 atom stereocenters. The molecule has 1 aliphatic heterocycles. The minimum absolute atomic E-state index is 0.255. The number of hydrogen-bond donors (Lipinski definition) is 1. The molecule has 1 saturated heterocycles. The van der Waals surface area contributed by atoms with Crippen LogP contribution in [0.1, 0.15) is 10.4 Å². The van der Waals surface area contributed by atoms with Crippen molar-refractivity contribution in [3.05, 3.63) is 65.3 Å². The highest BCUT2D eigenvalue weighted by Crippen LogP contribution is 2.28. The van der Waals surface area contributed by atoms with E-state index in [-0.39, 0.29) is 5.82 Å². The second-order valence-electron chi connectivity index (χ2n) is 6.96. The minimum atomic E-state index is -0.406. The number of halogens is 1. The molecule has 1 aromatic heterocycles. The minimum Gasteiger partial charge on any atom is -0.465 e. The quantitative estimate of drug-likeness (QED) is 0.465. The van der Waals surface area contributed by atoms with Crippen molar-refractivity contribution in [2.45, 2.75) is 0 Å². The highest BCUT2D eigenvalue weighted by Gasteiger charge is 2.22. The number of methoxy groups -OCH3 is 1. The molecule has 2 aromatic carbocycles. The molecule has 0 unspecified atom stereocenters. The van der Waals surface area contributed by atoms with E-state index in [0.717, 1.165) is 42.6 Å². The molecule has 1 N–H and O–H groups in total. The molecular formula is C22H21FN4O2S2. The first-order valence-electron chi connectivity index (χ1n) is 9.75.